The molecular weight excluding hydrogens is 336 g/mol. The molecule has 0 radical (unpaired) electrons. The molecule has 0 aliphatic heterocycles. The van der Waals surface area contributed by atoms with Gasteiger partial charge in [-0.15, -0.1) is 0 Å². The Labute approximate surface area is 129 Å². The number of nitrogens with zero attached hydrogens (tertiary/aromatic N) is 1. The number of sulfonamides is 1. The van der Waals surface area contributed by atoms with E-state index in [2.05, 4.69) is 0 Å². The highest BCUT2D eigenvalue weighted by molar-refractivity contribution is 7.91. The minimum atomic E-state index is -4.27. The Bertz CT molecular complexity index is 760. The molecule has 1 aromatic rings. The first-order chi connectivity index (χ1) is 9.90. The molecule has 0 fully saturated rings. The largest absolute Gasteiger partial charge is 0.246 e. The van der Waals surface area contributed by atoms with Crippen molar-refractivity contribution in [3.63, 3.8) is 0 Å². The van der Waals surface area contributed by atoms with E-state index in [1.54, 1.807) is 0 Å². The molecule has 1 unspecified atom stereocenters. The van der Waals surface area contributed by atoms with Crippen molar-refractivity contribution in [1.29, 1.82) is 0 Å². The monoisotopic (exact) mass is 355 g/mol. The van der Waals surface area contributed by atoms with Crippen LogP contribution in [0, 0.1) is 18.6 Å². The number of rotatable bonds is 6. The third-order valence-electron chi connectivity index (χ3n) is 3.15. The fourth-order valence-electron chi connectivity index (χ4n) is 2.19. The van der Waals surface area contributed by atoms with Crippen LogP contribution in [0.4, 0.5) is 8.78 Å². The molecule has 0 saturated carbocycles. The van der Waals surface area contributed by atoms with Gasteiger partial charge in [0.05, 0.1) is 5.75 Å². The Morgan fingerprint density at radius 3 is 2.14 bits per heavy atom. The van der Waals surface area contributed by atoms with Gasteiger partial charge in [-0.05, 0) is 25.5 Å². The molecule has 0 saturated heterocycles. The summed E-state index contributed by atoms with van der Waals surface area (Å²) in [5.74, 6) is -2.43. The Morgan fingerprint density at radius 2 is 1.68 bits per heavy atom. The normalized spacial score (nSPS) is 14.3. The van der Waals surface area contributed by atoms with Crippen LogP contribution in [-0.4, -0.2) is 45.7 Å². The van der Waals surface area contributed by atoms with Gasteiger partial charge < -0.3 is 0 Å². The lowest BCUT2D eigenvalue weighted by molar-refractivity contribution is 0.367. The summed E-state index contributed by atoms with van der Waals surface area (Å²) in [6.07, 6.45) is 0.993. The van der Waals surface area contributed by atoms with E-state index < -0.39 is 42.4 Å². The average molecular weight is 355 g/mol. The lowest BCUT2D eigenvalue weighted by Gasteiger charge is -2.27. The van der Waals surface area contributed by atoms with E-state index in [9.17, 15) is 25.6 Å². The molecule has 5 nitrogen and oxygen atoms in total. The number of halogens is 2. The Hall–Kier alpha value is -1.06. The van der Waals surface area contributed by atoms with E-state index in [0.717, 1.165) is 16.6 Å². The number of hydrogen-bond donors (Lipinski definition) is 0. The predicted octanol–water partition coefficient (Wildman–Crippen LogP) is 1.72. The fourth-order valence-corrected chi connectivity index (χ4v) is 5.12. The molecule has 126 valence electrons. The second kappa shape index (κ2) is 6.59. The number of aryl methyl sites for hydroxylation is 1. The van der Waals surface area contributed by atoms with Crippen LogP contribution >= 0.6 is 0 Å². The first-order valence-electron chi connectivity index (χ1n) is 6.55. The predicted molar refractivity (Wildman–Crippen MR) is 79.8 cm³/mol. The molecule has 22 heavy (non-hydrogen) atoms. The van der Waals surface area contributed by atoms with Crippen LogP contribution in [0.5, 0.6) is 0 Å². The van der Waals surface area contributed by atoms with E-state index in [0.29, 0.717) is 6.07 Å². The van der Waals surface area contributed by atoms with Crippen LogP contribution in [0.15, 0.2) is 17.0 Å². The zero-order chi connectivity index (χ0) is 17.3. The summed E-state index contributed by atoms with van der Waals surface area (Å²) in [6.45, 7) is 4.24. The summed E-state index contributed by atoms with van der Waals surface area (Å²) in [6, 6.07) is 0.558. The molecule has 9 heteroatoms. The van der Waals surface area contributed by atoms with Gasteiger partial charge in [-0.1, -0.05) is 6.92 Å². The maximum atomic E-state index is 13.9. The van der Waals surface area contributed by atoms with E-state index in [4.69, 9.17) is 0 Å². The van der Waals surface area contributed by atoms with Crippen molar-refractivity contribution in [1.82, 2.24) is 4.31 Å². The van der Waals surface area contributed by atoms with Crippen molar-refractivity contribution >= 4 is 19.9 Å². The van der Waals surface area contributed by atoms with Crippen LogP contribution in [0.1, 0.15) is 19.4 Å². The SMILES string of the molecule is CCN(C(C)CS(C)(=O)=O)S(=O)(=O)c1cc(C)c(F)cc1F. The Balaban J connectivity index is 3.34. The summed E-state index contributed by atoms with van der Waals surface area (Å²) >= 11 is 0. The molecular formula is C13H19F2NO4S2. The van der Waals surface area contributed by atoms with E-state index >= 15 is 0 Å². The smallest absolute Gasteiger partial charge is 0.229 e. The summed E-state index contributed by atoms with van der Waals surface area (Å²) in [5.41, 5.74) is -0.00760. The van der Waals surface area contributed by atoms with Gasteiger partial charge in [0, 0.05) is 24.9 Å². The summed E-state index contributed by atoms with van der Waals surface area (Å²) < 4.78 is 75.8. The topological polar surface area (TPSA) is 71.5 Å². The summed E-state index contributed by atoms with van der Waals surface area (Å²) in [5, 5.41) is 0. The van der Waals surface area contributed by atoms with Gasteiger partial charge >= 0.3 is 0 Å². The van der Waals surface area contributed by atoms with Crippen LogP contribution in [0.25, 0.3) is 0 Å². The van der Waals surface area contributed by atoms with Crippen LogP contribution in [0.3, 0.4) is 0 Å². The zero-order valence-corrected chi connectivity index (χ0v) is 14.4. The van der Waals surface area contributed by atoms with Crippen molar-refractivity contribution in [2.75, 3.05) is 18.6 Å². The second-order valence-electron chi connectivity index (χ2n) is 5.18. The maximum absolute atomic E-state index is 13.9. The highest BCUT2D eigenvalue weighted by Crippen LogP contribution is 2.24. The van der Waals surface area contributed by atoms with E-state index in [1.165, 1.54) is 20.8 Å². The maximum Gasteiger partial charge on any atom is 0.246 e. The molecule has 1 aromatic carbocycles. The van der Waals surface area contributed by atoms with Crippen molar-refractivity contribution < 1.29 is 25.6 Å². The van der Waals surface area contributed by atoms with Gasteiger partial charge in [-0.25, -0.2) is 25.6 Å². The van der Waals surface area contributed by atoms with Crippen molar-refractivity contribution in [3.8, 4) is 0 Å². The zero-order valence-electron chi connectivity index (χ0n) is 12.8. The standard InChI is InChI=1S/C13H19F2NO4S2/c1-5-16(10(3)8-21(4,17)18)22(19,20)13-6-9(2)11(14)7-12(13)15/h6-7,10H,5,8H2,1-4H3. The molecule has 0 N–H and O–H groups in total. The lowest BCUT2D eigenvalue weighted by Crippen LogP contribution is -2.42. The molecule has 0 aliphatic carbocycles. The molecule has 0 spiro atoms. The summed E-state index contributed by atoms with van der Waals surface area (Å²) in [4.78, 5) is -0.659. The van der Waals surface area contributed by atoms with Crippen molar-refractivity contribution in [2.24, 2.45) is 0 Å². The highest BCUT2D eigenvalue weighted by atomic mass is 32.2. The molecule has 0 heterocycles. The fraction of sp³-hybridized carbons (Fsp3) is 0.538. The molecule has 1 rings (SSSR count). The molecule has 0 aliphatic rings. The van der Waals surface area contributed by atoms with Crippen LogP contribution in [0.2, 0.25) is 0 Å². The van der Waals surface area contributed by atoms with Crippen LogP contribution in [-0.2, 0) is 19.9 Å². The second-order valence-corrected chi connectivity index (χ2v) is 9.23. The summed E-state index contributed by atoms with van der Waals surface area (Å²) in [7, 11) is -7.67. The quantitative estimate of drug-likeness (QED) is 0.779. The molecule has 0 aromatic heterocycles. The van der Waals surface area contributed by atoms with Gasteiger partial charge in [0.15, 0.2) is 0 Å². The van der Waals surface area contributed by atoms with E-state index in [-0.39, 0.29) is 17.9 Å². The van der Waals surface area contributed by atoms with Crippen molar-refractivity contribution in [2.45, 2.75) is 31.7 Å². The first-order valence-corrected chi connectivity index (χ1v) is 10.1. The third kappa shape index (κ3) is 4.23. The first kappa shape index (κ1) is 19.0. The van der Waals surface area contributed by atoms with Gasteiger partial charge in [0.1, 0.15) is 26.4 Å². The van der Waals surface area contributed by atoms with Gasteiger partial charge in [0.25, 0.3) is 0 Å². The average Bonchev–Trinajstić information content (AvgIpc) is 2.31. The van der Waals surface area contributed by atoms with Gasteiger partial charge in [0.2, 0.25) is 10.0 Å². The molecule has 0 bridgehead atoms. The molecule has 1 atom stereocenters. The number of sulfone groups is 1. The lowest BCUT2D eigenvalue weighted by atomic mass is 10.2. The number of benzene rings is 1. The Kier molecular flexibility index (Phi) is 5.69. The number of hydrogen-bond acceptors (Lipinski definition) is 4. The van der Waals surface area contributed by atoms with Crippen molar-refractivity contribution in [3.05, 3.63) is 29.3 Å². The van der Waals surface area contributed by atoms with Crippen LogP contribution < -0.4 is 0 Å². The highest BCUT2D eigenvalue weighted by Gasteiger charge is 2.32. The Morgan fingerprint density at radius 1 is 1.14 bits per heavy atom. The van der Waals surface area contributed by atoms with Gasteiger partial charge in [-0.3, -0.25) is 0 Å². The molecule has 0 amide bonds. The van der Waals surface area contributed by atoms with E-state index in [1.807, 2.05) is 0 Å². The third-order valence-corrected chi connectivity index (χ3v) is 6.34. The minimum absolute atomic E-state index is 0.00760. The van der Waals surface area contributed by atoms with Gasteiger partial charge in [-0.2, -0.15) is 4.31 Å². The minimum Gasteiger partial charge on any atom is -0.229 e.